The molecule has 0 fully saturated rings. The molecular weight excluding hydrogens is 168 g/mol. The van der Waals surface area contributed by atoms with E-state index in [-0.39, 0.29) is 0 Å². The smallest absolute Gasteiger partial charge is 0.235 e. The van der Waals surface area contributed by atoms with Crippen molar-refractivity contribution in [3.8, 4) is 0 Å². The average Bonchev–Trinajstić information content (AvgIpc) is 2.44. The van der Waals surface area contributed by atoms with Crippen molar-refractivity contribution in [1.29, 1.82) is 5.41 Å². The van der Waals surface area contributed by atoms with Crippen LogP contribution in [0.5, 0.6) is 0 Å². The summed E-state index contributed by atoms with van der Waals surface area (Å²) in [6, 6.07) is 0. The highest BCUT2D eigenvalue weighted by Crippen LogP contribution is 2.23. The van der Waals surface area contributed by atoms with E-state index in [1.54, 1.807) is 0 Å². The summed E-state index contributed by atoms with van der Waals surface area (Å²) in [6.07, 6.45) is 2.58. The molecule has 2 rings (SSSR count). The zero-order chi connectivity index (χ0) is 9.42. The molecule has 0 radical (unpaired) electrons. The van der Waals surface area contributed by atoms with E-state index in [2.05, 4.69) is 5.10 Å². The van der Waals surface area contributed by atoms with Crippen LogP contribution < -0.4 is 5.73 Å². The van der Waals surface area contributed by atoms with Gasteiger partial charge in [0, 0.05) is 17.7 Å². The van der Waals surface area contributed by atoms with Gasteiger partial charge in [0.15, 0.2) is 0 Å². The Hall–Kier alpha value is -1.65. The highest BCUT2D eigenvalue weighted by atomic mass is 16.1. The first-order valence-corrected chi connectivity index (χ1v) is 4.09. The summed E-state index contributed by atoms with van der Waals surface area (Å²) in [5.41, 5.74) is 8.04. The van der Waals surface area contributed by atoms with Gasteiger partial charge >= 0.3 is 0 Å². The molecule has 13 heavy (non-hydrogen) atoms. The third-order valence-corrected chi connectivity index (χ3v) is 2.29. The number of nitrogens with two attached hydrogens (primary N) is 1. The Labute approximate surface area is 75.0 Å². The third-order valence-electron chi connectivity index (χ3n) is 2.29. The summed E-state index contributed by atoms with van der Waals surface area (Å²) in [6.45, 7) is 0. The van der Waals surface area contributed by atoms with Crippen molar-refractivity contribution < 1.29 is 4.79 Å². The minimum atomic E-state index is 0.384. The Morgan fingerprint density at radius 3 is 3.00 bits per heavy atom. The first-order chi connectivity index (χ1) is 6.22. The lowest BCUT2D eigenvalue weighted by molar-refractivity contribution is 0.541. The van der Waals surface area contributed by atoms with Gasteiger partial charge in [-0.25, -0.2) is 0 Å². The molecule has 1 aromatic rings. The lowest BCUT2D eigenvalue weighted by Crippen LogP contribution is -2.12. The number of nitrogens with zero attached hydrogens (tertiary/aromatic N) is 2. The zero-order valence-corrected chi connectivity index (χ0v) is 7.08. The van der Waals surface area contributed by atoms with Crippen molar-refractivity contribution in [3.63, 3.8) is 0 Å². The van der Waals surface area contributed by atoms with Gasteiger partial charge in [0.05, 0.1) is 5.69 Å². The summed E-state index contributed by atoms with van der Waals surface area (Å²) in [7, 11) is 0. The fourth-order valence-corrected chi connectivity index (χ4v) is 1.58. The molecule has 0 spiro atoms. The van der Waals surface area contributed by atoms with Crippen LogP contribution in [0, 0.1) is 5.41 Å². The number of rotatable bonds is 1. The molecule has 0 saturated heterocycles. The van der Waals surface area contributed by atoms with E-state index in [0.717, 1.165) is 28.8 Å². The van der Waals surface area contributed by atoms with Crippen LogP contribution >= 0.6 is 0 Å². The summed E-state index contributed by atoms with van der Waals surface area (Å²) >= 11 is 0. The van der Waals surface area contributed by atoms with Crippen LogP contribution in [-0.2, 0) is 17.6 Å². The van der Waals surface area contributed by atoms with E-state index < -0.39 is 0 Å². The van der Waals surface area contributed by atoms with Crippen molar-refractivity contribution in [1.82, 2.24) is 9.78 Å². The summed E-state index contributed by atoms with van der Waals surface area (Å²) in [4.78, 5) is 10.5. The highest BCUT2D eigenvalue weighted by molar-refractivity contribution is 5.87. The zero-order valence-electron chi connectivity index (χ0n) is 7.08. The SMILES string of the molecule is N=C1CCc2nn(C=O)c(N)c2C1. The number of nitrogen functional groups attached to an aromatic ring is 1. The first kappa shape index (κ1) is 7.97. The largest absolute Gasteiger partial charge is 0.383 e. The van der Waals surface area contributed by atoms with E-state index in [1.165, 1.54) is 0 Å². The second-order valence-corrected chi connectivity index (χ2v) is 3.14. The molecule has 1 heterocycles. The molecule has 68 valence electrons. The molecule has 0 atom stereocenters. The number of hydrogen-bond donors (Lipinski definition) is 2. The van der Waals surface area contributed by atoms with Crippen molar-refractivity contribution in [3.05, 3.63) is 11.3 Å². The number of nitrogens with one attached hydrogen (secondary N) is 1. The van der Waals surface area contributed by atoms with E-state index in [9.17, 15) is 4.79 Å². The Balaban J connectivity index is 2.51. The Bertz CT molecular complexity index is 380. The molecule has 1 aliphatic rings. The second kappa shape index (κ2) is 2.69. The standard InChI is InChI=1S/C8H10N4O/c9-5-1-2-7-6(3-5)8(10)12(4-13)11-7/h4,9H,1-3,10H2. The van der Waals surface area contributed by atoms with Crippen LogP contribution in [0.15, 0.2) is 0 Å². The maximum absolute atomic E-state index is 10.5. The van der Waals surface area contributed by atoms with Crippen molar-refractivity contribution in [2.24, 2.45) is 0 Å². The number of carbonyl (C=O) groups excluding carboxylic acids is 1. The normalized spacial score (nSPS) is 15.5. The van der Waals surface area contributed by atoms with Crippen LogP contribution in [0.3, 0.4) is 0 Å². The van der Waals surface area contributed by atoms with E-state index in [4.69, 9.17) is 11.1 Å². The maximum Gasteiger partial charge on any atom is 0.235 e. The van der Waals surface area contributed by atoms with E-state index in [0.29, 0.717) is 24.4 Å². The van der Waals surface area contributed by atoms with Gasteiger partial charge in [0.1, 0.15) is 5.82 Å². The number of carbonyl (C=O) groups is 1. The molecule has 5 heteroatoms. The fourth-order valence-electron chi connectivity index (χ4n) is 1.58. The molecule has 0 unspecified atom stereocenters. The van der Waals surface area contributed by atoms with Crippen LogP contribution in [-0.4, -0.2) is 21.9 Å². The predicted molar refractivity (Wildman–Crippen MR) is 48.5 cm³/mol. The molecule has 0 saturated carbocycles. The molecule has 1 aromatic heterocycles. The lowest BCUT2D eigenvalue weighted by Gasteiger charge is -2.10. The summed E-state index contributed by atoms with van der Waals surface area (Å²) in [5.74, 6) is 0.384. The predicted octanol–water partition coefficient (Wildman–Crippen LogP) is 0.0121. The molecule has 0 aromatic carbocycles. The topological polar surface area (TPSA) is 84.8 Å². The Morgan fingerprint density at radius 2 is 2.31 bits per heavy atom. The molecule has 0 bridgehead atoms. The van der Waals surface area contributed by atoms with E-state index in [1.807, 2.05) is 0 Å². The highest BCUT2D eigenvalue weighted by Gasteiger charge is 2.20. The van der Waals surface area contributed by atoms with Crippen LogP contribution in [0.1, 0.15) is 17.7 Å². The summed E-state index contributed by atoms with van der Waals surface area (Å²) in [5, 5.41) is 11.5. The van der Waals surface area contributed by atoms with Crippen molar-refractivity contribution >= 4 is 17.9 Å². The number of anilines is 1. The molecule has 0 amide bonds. The average molecular weight is 178 g/mol. The monoisotopic (exact) mass is 178 g/mol. The van der Waals surface area contributed by atoms with Crippen LogP contribution in [0.2, 0.25) is 0 Å². The minimum absolute atomic E-state index is 0.384. The quantitative estimate of drug-likeness (QED) is 0.594. The van der Waals surface area contributed by atoms with Crippen LogP contribution in [0.4, 0.5) is 5.82 Å². The summed E-state index contributed by atoms with van der Waals surface area (Å²) < 4.78 is 1.14. The number of aromatic nitrogens is 2. The second-order valence-electron chi connectivity index (χ2n) is 3.14. The maximum atomic E-state index is 10.5. The molecule has 1 aliphatic carbocycles. The first-order valence-electron chi connectivity index (χ1n) is 4.09. The molecule has 0 aliphatic heterocycles. The van der Waals surface area contributed by atoms with E-state index >= 15 is 0 Å². The van der Waals surface area contributed by atoms with Gasteiger partial charge in [-0.2, -0.15) is 9.78 Å². The number of aryl methyl sites for hydroxylation is 1. The molecule has 3 N–H and O–H groups in total. The minimum Gasteiger partial charge on any atom is -0.383 e. The van der Waals surface area contributed by atoms with Crippen LogP contribution in [0.25, 0.3) is 0 Å². The third kappa shape index (κ3) is 1.12. The van der Waals surface area contributed by atoms with Crippen molar-refractivity contribution in [2.45, 2.75) is 19.3 Å². The van der Waals surface area contributed by atoms with Gasteiger partial charge in [0.25, 0.3) is 0 Å². The van der Waals surface area contributed by atoms with Gasteiger partial charge in [0.2, 0.25) is 6.41 Å². The number of hydrogen-bond acceptors (Lipinski definition) is 4. The van der Waals surface area contributed by atoms with Gasteiger partial charge in [-0.15, -0.1) is 0 Å². The van der Waals surface area contributed by atoms with Crippen molar-refractivity contribution in [2.75, 3.05) is 5.73 Å². The van der Waals surface area contributed by atoms with Gasteiger partial charge in [-0.05, 0) is 12.8 Å². The fraction of sp³-hybridized carbons (Fsp3) is 0.375. The Morgan fingerprint density at radius 1 is 1.54 bits per heavy atom. The molecular formula is C8H10N4O. The molecule has 5 nitrogen and oxygen atoms in total. The number of fused-ring (bicyclic) bond motifs is 1. The van der Waals surface area contributed by atoms with Gasteiger partial charge < -0.3 is 11.1 Å². The van der Waals surface area contributed by atoms with Gasteiger partial charge in [-0.3, -0.25) is 4.79 Å². The van der Waals surface area contributed by atoms with Gasteiger partial charge in [-0.1, -0.05) is 0 Å². The Kier molecular flexibility index (Phi) is 1.65. The lowest BCUT2D eigenvalue weighted by atomic mass is 9.96.